The minimum atomic E-state index is 0.262. The standard InChI is InChI=1S/C9H22N4/c1-6-8(4)13(5)9(12-10)11-7(2)3/h7-8H,6,10H2,1-5H3,(H,11,12). The molecule has 0 aliphatic rings. The van der Waals surface area contributed by atoms with Gasteiger partial charge in [-0.3, -0.25) is 5.43 Å². The lowest BCUT2D eigenvalue weighted by Gasteiger charge is -2.27. The first kappa shape index (κ1) is 12.2. The quantitative estimate of drug-likeness (QED) is 0.298. The molecule has 0 heterocycles. The third-order valence-electron chi connectivity index (χ3n) is 2.10. The summed E-state index contributed by atoms with van der Waals surface area (Å²) in [4.78, 5) is 6.43. The van der Waals surface area contributed by atoms with Gasteiger partial charge in [-0.1, -0.05) is 6.92 Å². The van der Waals surface area contributed by atoms with Crippen molar-refractivity contribution in [3.63, 3.8) is 0 Å². The number of hydrogen-bond donors (Lipinski definition) is 2. The van der Waals surface area contributed by atoms with Crippen molar-refractivity contribution >= 4 is 5.96 Å². The average Bonchev–Trinajstić information content (AvgIpc) is 2.11. The molecule has 0 aromatic heterocycles. The minimum Gasteiger partial charge on any atom is -0.342 e. The fourth-order valence-electron chi connectivity index (χ4n) is 0.957. The minimum absolute atomic E-state index is 0.262. The highest BCUT2D eigenvalue weighted by atomic mass is 15.4. The highest BCUT2D eigenvalue weighted by Gasteiger charge is 2.10. The second-order valence-corrected chi connectivity index (χ2v) is 3.56. The number of aliphatic imine (C=N–C) groups is 1. The van der Waals surface area contributed by atoms with Gasteiger partial charge in [0.1, 0.15) is 0 Å². The van der Waals surface area contributed by atoms with Gasteiger partial charge in [-0.15, -0.1) is 0 Å². The molecule has 13 heavy (non-hydrogen) atoms. The van der Waals surface area contributed by atoms with Crippen LogP contribution in [0.1, 0.15) is 34.1 Å². The van der Waals surface area contributed by atoms with Crippen LogP contribution in [0.3, 0.4) is 0 Å². The summed E-state index contributed by atoms with van der Waals surface area (Å²) >= 11 is 0. The van der Waals surface area contributed by atoms with E-state index in [1.165, 1.54) is 0 Å². The first-order chi connectivity index (χ1) is 6.02. The molecule has 0 fully saturated rings. The second kappa shape index (κ2) is 5.80. The van der Waals surface area contributed by atoms with E-state index >= 15 is 0 Å². The fourth-order valence-corrected chi connectivity index (χ4v) is 0.957. The zero-order chi connectivity index (χ0) is 10.4. The molecule has 0 aromatic carbocycles. The molecular formula is C9H22N4. The summed E-state index contributed by atoms with van der Waals surface area (Å²) in [6.07, 6.45) is 1.08. The van der Waals surface area contributed by atoms with Crippen molar-refractivity contribution in [1.82, 2.24) is 10.3 Å². The van der Waals surface area contributed by atoms with Crippen molar-refractivity contribution in [3.8, 4) is 0 Å². The van der Waals surface area contributed by atoms with Crippen LogP contribution in [0.2, 0.25) is 0 Å². The Morgan fingerprint density at radius 2 is 2.00 bits per heavy atom. The van der Waals surface area contributed by atoms with Crippen molar-refractivity contribution in [2.24, 2.45) is 10.8 Å². The number of nitrogens with two attached hydrogens (primary N) is 1. The zero-order valence-corrected chi connectivity index (χ0v) is 9.33. The molecule has 1 unspecified atom stereocenters. The Balaban J connectivity index is 4.39. The van der Waals surface area contributed by atoms with E-state index in [1.54, 1.807) is 0 Å². The van der Waals surface area contributed by atoms with Crippen LogP contribution in [0.4, 0.5) is 0 Å². The topological polar surface area (TPSA) is 53.6 Å². The maximum absolute atomic E-state index is 5.39. The SMILES string of the molecule is CCC(C)N(C)C(=NC(C)C)NN. The van der Waals surface area contributed by atoms with Crippen molar-refractivity contribution in [3.05, 3.63) is 0 Å². The Morgan fingerprint density at radius 3 is 2.31 bits per heavy atom. The Hall–Kier alpha value is -0.770. The number of nitrogens with zero attached hydrogens (tertiary/aromatic N) is 2. The summed E-state index contributed by atoms with van der Waals surface area (Å²) in [6.45, 7) is 8.35. The monoisotopic (exact) mass is 186 g/mol. The second-order valence-electron chi connectivity index (χ2n) is 3.56. The number of nitrogens with one attached hydrogen (secondary N) is 1. The van der Waals surface area contributed by atoms with Crippen LogP contribution in [0.25, 0.3) is 0 Å². The molecule has 4 heteroatoms. The Morgan fingerprint density at radius 1 is 1.46 bits per heavy atom. The third kappa shape index (κ3) is 4.12. The molecule has 0 saturated carbocycles. The Bertz CT molecular complexity index is 165. The van der Waals surface area contributed by atoms with Crippen LogP contribution in [0.15, 0.2) is 4.99 Å². The Labute approximate surface area is 81.2 Å². The number of guanidine groups is 1. The predicted octanol–water partition coefficient (Wildman–Crippen LogP) is 0.944. The van der Waals surface area contributed by atoms with Crippen molar-refractivity contribution in [1.29, 1.82) is 0 Å². The van der Waals surface area contributed by atoms with Gasteiger partial charge in [-0.25, -0.2) is 10.8 Å². The number of hydrogen-bond acceptors (Lipinski definition) is 2. The number of rotatable bonds is 3. The largest absolute Gasteiger partial charge is 0.342 e. The molecule has 0 aliphatic heterocycles. The molecule has 3 N–H and O–H groups in total. The summed E-state index contributed by atoms with van der Waals surface area (Å²) in [5.41, 5.74) is 2.62. The highest BCUT2D eigenvalue weighted by molar-refractivity contribution is 5.79. The van der Waals surface area contributed by atoms with Crippen LogP contribution in [0.5, 0.6) is 0 Å². The zero-order valence-electron chi connectivity index (χ0n) is 9.33. The van der Waals surface area contributed by atoms with Gasteiger partial charge in [0.2, 0.25) is 5.96 Å². The van der Waals surface area contributed by atoms with E-state index in [4.69, 9.17) is 5.84 Å². The smallest absolute Gasteiger partial charge is 0.208 e. The molecule has 0 radical (unpaired) electrons. The van der Waals surface area contributed by atoms with Gasteiger partial charge in [0, 0.05) is 19.1 Å². The van der Waals surface area contributed by atoms with Gasteiger partial charge in [0.25, 0.3) is 0 Å². The molecule has 0 aliphatic carbocycles. The molecule has 0 amide bonds. The molecule has 0 saturated heterocycles. The fraction of sp³-hybridized carbons (Fsp3) is 0.889. The van der Waals surface area contributed by atoms with Gasteiger partial charge in [0.15, 0.2) is 0 Å². The molecule has 0 spiro atoms. The van der Waals surface area contributed by atoms with E-state index in [-0.39, 0.29) is 6.04 Å². The average molecular weight is 186 g/mol. The predicted molar refractivity (Wildman–Crippen MR) is 57.4 cm³/mol. The van der Waals surface area contributed by atoms with Crippen LogP contribution in [0, 0.1) is 0 Å². The number of hydrazine groups is 1. The van der Waals surface area contributed by atoms with Crippen LogP contribution >= 0.6 is 0 Å². The maximum atomic E-state index is 5.39. The van der Waals surface area contributed by atoms with Crippen molar-refractivity contribution in [2.75, 3.05) is 7.05 Å². The van der Waals surface area contributed by atoms with Gasteiger partial charge in [-0.05, 0) is 27.2 Å². The molecule has 78 valence electrons. The lowest BCUT2D eigenvalue weighted by molar-refractivity contribution is 0.366. The summed E-state index contributed by atoms with van der Waals surface area (Å²) in [6, 6.07) is 0.714. The van der Waals surface area contributed by atoms with Crippen LogP contribution < -0.4 is 11.3 Å². The molecule has 0 bridgehead atoms. The lowest BCUT2D eigenvalue weighted by Crippen LogP contribution is -2.46. The van der Waals surface area contributed by atoms with Gasteiger partial charge < -0.3 is 4.90 Å². The van der Waals surface area contributed by atoms with Gasteiger partial charge in [-0.2, -0.15) is 0 Å². The van der Waals surface area contributed by atoms with Crippen molar-refractivity contribution in [2.45, 2.75) is 46.2 Å². The summed E-state index contributed by atoms with van der Waals surface area (Å²) in [5.74, 6) is 6.15. The van der Waals surface area contributed by atoms with Crippen LogP contribution in [-0.4, -0.2) is 30.0 Å². The molecular weight excluding hydrogens is 164 g/mol. The van der Waals surface area contributed by atoms with E-state index in [0.29, 0.717) is 6.04 Å². The highest BCUT2D eigenvalue weighted by Crippen LogP contribution is 2.01. The van der Waals surface area contributed by atoms with E-state index in [0.717, 1.165) is 12.4 Å². The van der Waals surface area contributed by atoms with E-state index in [1.807, 2.05) is 20.9 Å². The summed E-state index contributed by atoms with van der Waals surface area (Å²) in [7, 11) is 2.00. The van der Waals surface area contributed by atoms with Crippen LogP contribution in [-0.2, 0) is 0 Å². The first-order valence-corrected chi connectivity index (χ1v) is 4.80. The molecule has 1 atom stereocenters. The summed E-state index contributed by atoms with van der Waals surface area (Å²) < 4.78 is 0. The molecule has 0 rings (SSSR count). The normalized spacial score (nSPS) is 14.5. The van der Waals surface area contributed by atoms with Gasteiger partial charge in [0.05, 0.1) is 0 Å². The van der Waals surface area contributed by atoms with Crippen molar-refractivity contribution < 1.29 is 0 Å². The molecule has 0 aromatic rings. The van der Waals surface area contributed by atoms with E-state index in [2.05, 4.69) is 29.2 Å². The maximum Gasteiger partial charge on any atom is 0.208 e. The lowest BCUT2D eigenvalue weighted by atomic mass is 10.2. The van der Waals surface area contributed by atoms with E-state index in [9.17, 15) is 0 Å². The molecule has 4 nitrogen and oxygen atoms in total. The van der Waals surface area contributed by atoms with E-state index < -0.39 is 0 Å². The third-order valence-corrected chi connectivity index (χ3v) is 2.10. The summed E-state index contributed by atoms with van der Waals surface area (Å²) in [5, 5.41) is 0. The van der Waals surface area contributed by atoms with Gasteiger partial charge >= 0.3 is 0 Å². The first-order valence-electron chi connectivity index (χ1n) is 4.80. The Kier molecular flexibility index (Phi) is 5.46.